The third kappa shape index (κ3) is 3.32. The number of aliphatic imine (C=N–C) groups is 1. The minimum Gasteiger partial charge on any atom is -0.396 e. The minimum absolute atomic E-state index is 0.0947. The van der Waals surface area contributed by atoms with E-state index in [-0.39, 0.29) is 19.1 Å². The Balaban J connectivity index is 1.70. The lowest BCUT2D eigenvalue weighted by Gasteiger charge is -2.40. The van der Waals surface area contributed by atoms with E-state index in [0.29, 0.717) is 18.8 Å². The second kappa shape index (κ2) is 7.86. The molecule has 10 nitrogen and oxygen atoms in total. The van der Waals surface area contributed by atoms with E-state index < -0.39 is 18.2 Å². The first-order valence-electron chi connectivity index (χ1n) is 9.83. The number of hydrogen-bond acceptors (Lipinski definition) is 8. The molecule has 0 radical (unpaired) electrons. The molecule has 0 aliphatic carbocycles. The van der Waals surface area contributed by atoms with Crippen LogP contribution in [0.2, 0.25) is 0 Å². The van der Waals surface area contributed by atoms with Crippen LogP contribution in [0.1, 0.15) is 12.2 Å². The molecule has 2 aliphatic heterocycles. The van der Waals surface area contributed by atoms with Crippen molar-refractivity contribution in [3.05, 3.63) is 30.1 Å². The second-order valence-electron chi connectivity index (χ2n) is 7.58. The Morgan fingerprint density at radius 1 is 1.17 bits per heavy atom. The largest absolute Gasteiger partial charge is 0.396 e. The average molecular weight is 411 g/mol. The highest BCUT2D eigenvalue weighted by Gasteiger charge is 2.49. The number of urea groups is 1. The minimum atomic E-state index is -0.600. The predicted octanol–water partition coefficient (Wildman–Crippen LogP) is 0.511. The number of anilines is 1. The number of likely N-dealkylation sites (N-methyl/N-ethyl adjacent to an activating group) is 2. The lowest BCUT2D eigenvalue weighted by Crippen LogP contribution is -2.63. The van der Waals surface area contributed by atoms with Crippen LogP contribution in [0, 0.1) is 0 Å². The van der Waals surface area contributed by atoms with Gasteiger partial charge in [0.15, 0.2) is 18.0 Å². The van der Waals surface area contributed by atoms with Gasteiger partial charge in [0.05, 0.1) is 18.4 Å². The van der Waals surface area contributed by atoms with Crippen LogP contribution in [-0.2, 0) is 11.3 Å². The molecule has 2 aromatic rings. The molecule has 0 spiro atoms. The van der Waals surface area contributed by atoms with E-state index in [1.165, 1.54) is 11.9 Å². The summed E-state index contributed by atoms with van der Waals surface area (Å²) in [5.74, 6) is 0.936. The highest BCUT2D eigenvalue weighted by Crippen LogP contribution is 2.28. The zero-order valence-corrected chi connectivity index (χ0v) is 17.3. The number of amides is 3. The summed E-state index contributed by atoms with van der Waals surface area (Å²) in [7, 11) is 5.17. The summed E-state index contributed by atoms with van der Waals surface area (Å²) in [5, 5.41) is 10.1. The molecular weight excluding hydrogens is 386 g/mol. The number of carbonyl (C=O) groups excluding carboxylic acids is 2. The van der Waals surface area contributed by atoms with E-state index in [9.17, 15) is 14.7 Å². The number of benzene rings is 1. The molecule has 158 valence electrons. The number of carbonyl (C=O) groups is 2. The number of aliphatic hydroxyl groups is 1. The topological polar surface area (TPSA) is 105 Å². The van der Waals surface area contributed by atoms with Crippen molar-refractivity contribution in [3.63, 3.8) is 0 Å². The van der Waals surface area contributed by atoms with Crippen molar-refractivity contribution in [2.45, 2.75) is 25.2 Å². The first-order valence-corrected chi connectivity index (χ1v) is 9.83. The van der Waals surface area contributed by atoms with Gasteiger partial charge in [0, 0.05) is 39.7 Å². The molecule has 1 saturated heterocycles. The van der Waals surface area contributed by atoms with Crippen molar-refractivity contribution >= 4 is 35.0 Å². The van der Waals surface area contributed by atoms with E-state index >= 15 is 0 Å². The third-order valence-electron chi connectivity index (χ3n) is 5.51. The fourth-order valence-corrected chi connectivity index (χ4v) is 3.88. The molecule has 4 rings (SSSR count). The third-order valence-corrected chi connectivity index (χ3v) is 5.51. The smallest absolute Gasteiger partial charge is 0.328 e. The normalized spacial score (nSPS) is 21.0. The monoisotopic (exact) mass is 411 g/mol. The summed E-state index contributed by atoms with van der Waals surface area (Å²) in [6.07, 6.45) is 1.60. The number of aliphatic hydroxyl groups excluding tert-OH is 1. The van der Waals surface area contributed by atoms with Crippen molar-refractivity contribution < 1.29 is 14.7 Å². The van der Waals surface area contributed by atoms with Gasteiger partial charge in [0.2, 0.25) is 0 Å². The summed E-state index contributed by atoms with van der Waals surface area (Å²) in [5.41, 5.74) is 0.769. The Hall–Kier alpha value is -3.27. The molecule has 30 heavy (non-hydrogen) atoms. The molecular formula is C20H25N7O3. The van der Waals surface area contributed by atoms with Crippen LogP contribution < -0.4 is 4.90 Å². The van der Waals surface area contributed by atoms with E-state index in [4.69, 9.17) is 4.98 Å². The van der Waals surface area contributed by atoms with Crippen molar-refractivity contribution in [2.24, 2.45) is 4.99 Å². The van der Waals surface area contributed by atoms with Gasteiger partial charge >= 0.3 is 6.03 Å². The van der Waals surface area contributed by atoms with Crippen LogP contribution in [-0.4, -0.2) is 94.6 Å². The lowest BCUT2D eigenvalue weighted by atomic mass is 10.1. The van der Waals surface area contributed by atoms with Gasteiger partial charge in [-0.15, -0.1) is 0 Å². The number of para-hydroxylation sites is 1. The van der Waals surface area contributed by atoms with Gasteiger partial charge in [0.25, 0.3) is 5.91 Å². The van der Waals surface area contributed by atoms with Crippen molar-refractivity contribution in [1.82, 2.24) is 24.7 Å². The summed E-state index contributed by atoms with van der Waals surface area (Å²) in [4.78, 5) is 45.5. The van der Waals surface area contributed by atoms with Crippen molar-refractivity contribution in [1.29, 1.82) is 0 Å². The lowest BCUT2D eigenvalue weighted by molar-refractivity contribution is -0.136. The number of nitrogens with zero attached hydrogens (tertiary/aromatic N) is 7. The maximum absolute atomic E-state index is 12.9. The Labute approximate surface area is 174 Å². The van der Waals surface area contributed by atoms with E-state index in [1.54, 1.807) is 18.3 Å². The Morgan fingerprint density at radius 3 is 2.70 bits per heavy atom. The zero-order valence-electron chi connectivity index (χ0n) is 17.3. The molecule has 2 aliphatic rings. The van der Waals surface area contributed by atoms with Crippen LogP contribution in [0.5, 0.6) is 0 Å². The van der Waals surface area contributed by atoms with Crippen LogP contribution in [0.15, 0.2) is 29.3 Å². The molecule has 0 saturated carbocycles. The summed E-state index contributed by atoms with van der Waals surface area (Å²) < 4.78 is 0. The Bertz CT molecular complexity index is 1010. The maximum Gasteiger partial charge on any atom is 0.328 e. The molecule has 0 bridgehead atoms. The number of hydrogen-bond donors (Lipinski definition) is 1. The molecule has 1 N–H and O–H groups in total. The van der Waals surface area contributed by atoms with Gasteiger partial charge in [-0.3, -0.25) is 14.6 Å². The van der Waals surface area contributed by atoms with Gasteiger partial charge in [-0.25, -0.2) is 19.8 Å². The summed E-state index contributed by atoms with van der Waals surface area (Å²) >= 11 is 0. The fourth-order valence-electron chi connectivity index (χ4n) is 3.88. The fraction of sp³-hybridized carbons (Fsp3) is 0.450. The van der Waals surface area contributed by atoms with Crippen LogP contribution >= 0.6 is 0 Å². The van der Waals surface area contributed by atoms with Gasteiger partial charge in [0.1, 0.15) is 5.82 Å². The summed E-state index contributed by atoms with van der Waals surface area (Å²) in [6.45, 7) is 0.864. The first-order chi connectivity index (χ1) is 14.4. The van der Waals surface area contributed by atoms with E-state index in [0.717, 1.165) is 21.6 Å². The highest BCUT2D eigenvalue weighted by molar-refractivity contribution is 6.01. The number of aromatic nitrogens is 2. The molecule has 1 aromatic heterocycles. The average Bonchev–Trinajstić information content (AvgIpc) is 3.14. The van der Waals surface area contributed by atoms with Crippen LogP contribution in [0.25, 0.3) is 10.9 Å². The number of imide groups is 1. The number of fused-ring (bicyclic) bond motifs is 2. The van der Waals surface area contributed by atoms with Crippen molar-refractivity contribution in [2.75, 3.05) is 39.2 Å². The Kier molecular flexibility index (Phi) is 5.25. The zero-order chi connectivity index (χ0) is 21.4. The molecule has 1 aromatic carbocycles. The van der Waals surface area contributed by atoms with Crippen LogP contribution in [0.3, 0.4) is 0 Å². The molecule has 10 heteroatoms. The molecule has 2 unspecified atom stereocenters. The predicted molar refractivity (Wildman–Crippen MR) is 112 cm³/mol. The molecule has 1 fully saturated rings. The quantitative estimate of drug-likeness (QED) is 0.738. The highest BCUT2D eigenvalue weighted by atomic mass is 16.3. The van der Waals surface area contributed by atoms with E-state index in [1.807, 2.05) is 36.2 Å². The van der Waals surface area contributed by atoms with Gasteiger partial charge in [-0.2, -0.15) is 0 Å². The second-order valence-corrected chi connectivity index (χ2v) is 7.58. The first kappa shape index (κ1) is 20.0. The van der Waals surface area contributed by atoms with Gasteiger partial charge in [-0.05, 0) is 18.6 Å². The van der Waals surface area contributed by atoms with Crippen molar-refractivity contribution in [3.8, 4) is 0 Å². The van der Waals surface area contributed by atoms with Gasteiger partial charge < -0.3 is 14.9 Å². The molecule has 2 atom stereocenters. The number of rotatable bonds is 6. The summed E-state index contributed by atoms with van der Waals surface area (Å²) in [6, 6.07) is 6.73. The Morgan fingerprint density at radius 2 is 1.93 bits per heavy atom. The molecule has 3 heterocycles. The van der Waals surface area contributed by atoms with Gasteiger partial charge in [-0.1, -0.05) is 12.1 Å². The standard InChI is InChI=1S/C20H25N7O3/c1-24(9-6-10-28)17-13-7-4-5-8-14(13)22-15(23-17)11-27-18-16(25(2)12-21-18)19(29)26(3)20(27)30/h4-5,7-8,12,16,18,28H,6,9-11H2,1-3H3. The SMILES string of the molecule is CN1C(=O)C2C(N=CN2C)N(Cc2nc(N(C)CCCO)c3ccccc3n2)C1=O. The van der Waals surface area contributed by atoms with Crippen LogP contribution in [0.4, 0.5) is 10.6 Å². The maximum atomic E-state index is 12.9. The molecule has 3 amide bonds. The van der Waals surface area contributed by atoms with E-state index in [2.05, 4.69) is 9.98 Å².